The second-order valence-electron chi connectivity index (χ2n) is 15.7. The molecule has 0 radical (unpaired) electrons. The summed E-state index contributed by atoms with van der Waals surface area (Å²) in [5.41, 5.74) is 6.77. The molecule has 48 heavy (non-hydrogen) atoms. The van der Waals surface area contributed by atoms with E-state index in [0.29, 0.717) is 31.5 Å². The summed E-state index contributed by atoms with van der Waals surface area (Å²) in [4.78, 5) is 40.0. The van der Waals surface area contributed by atoms with Crippen LogP contribution in [0.2, 0.25) is 0 Å². The number of rotatable bonds is 11. The first-order chi connectivity index (χ1) is 22.5. The average Bonchev–Trinajstić information content (AvgIpc) is 3.63. The number of anilines is 1. The number of nitrogens with two attached hydrogens (primary N) is 1. The maximum absolute atomic E-state index is 13.6. The first kappa shape index (κ1) is 36.1. The number of ether oxygens (including phenoxy) is 1. The first-order valence-corrected chi connectivity index (χ1v) is 18.2. The molecule has 3 fully saturated rings. The van der Waals surface area contributed by atoms with E-state index in [-0.39, 0.29) is 53.1 Å². The summed E-state index contributed by atoms with van der Waals surface area (Å²) in [6.45, 7) is 16.8. The van der Waals surface area contributed by atoms with Crippen LogP contribution in [-0.2, 0) is 32.1 Å². The zero-order chi connectivity index (χ0) is 35.1. The molecule has 11 heteroatoms. The molecule has 8 atom stereocenters. The molecule has 0 saturated heterocycles. The normalized spacial score (nSPS) is 33.3. The Labute approximate surface area is 289 Å². The van der Waals surface area contributed by atoms with Gasteiger partial charge in [0.05, 0.1) is 17.6 Å². The highest BCUT2D eigenvalue weighted by atomic mass is 32.2. The zero-order valence-corrected chi connectivity index (χ0v) is 30.1. The fourth-order valence-electron chi connectivity index (χ4n) is 8.92. The number of Topliss-reactive ketones (excluding diaryl/α,β-unsaturated/α-hetero) is 1. The number of hydrogen-bond acceptors (Lipinski definition) is 9. The van der Waals surface area contributed by atoms with Crippen molar-refractivity contribution in [3.8, 4) is 0 Å². The highest BCUT2D eigenvalue weighted by Gasteiger charge is 2.68. The molecular formula is C37H53N5O5S. The average molecular weight is 680 g/mol. The topological polar surface area (TPSA) is 149 Å². The van der Waals surface area contributed by atoms with Gasteiger partial charge < -0.3 is 20.9 Å². The quantitative estimate of drug-likeness (QED) is 0.170. The molecule has 1 amide bonds. The number of benzene rings is 1. The van der Waals surface area contributed by atoms with Crippen LogP contribution in [-0.4, -0.2) is 67.0 Å². The van der Waals surface area contributed by atoms with E-state index < -0.39 is 27.8 Å². The minimum absolute atomic E-state index is 0.0269. The van der Waals surface area contributed by atoms with Crippen LogP contribution in [0.4, 0.5) is 5.69 Å². The molecule has 3 aliphatic carbocycles. The molecule has 10 nitrogen and oxygen atoms in total. The molecule has 3 saturated carbocycles. The number of carbonyl (C=O) groups excluding carboxylic acids is 3. The van der Waals surface area contributed by atoms with Gasteiger partial charge in [-0.05, 0) is 74.5 Å². The van der Waals surface area contributed by atoms with Crippen molar-refractivity contribution in [2.75, 3.05) is 18.0 Å². The standard InChI is InChI=1S/C37H53N5O5S/c1-8-35(6)18-29(36(7)23(2)12-14-37(24(3)33(35)46)15-13-28(43)32(36)37)47-31(45)21-48-34(4,5)22-39-30(44)20-42-19-27(40-41-42)17-25-10-9-11-26(38)16-25/h8-11,16,19,23-24,29,32-33,46H,1,12-15,17-18,20-22,38H2,2-7H3,(H,39,44)/t23-,24+,29-,32+,33+,35-,36+,37+/m1/s1. The molecule has 3 aliphatic rings. The van der Waals surface area contributed by atoms with Gasteiger partial charge >= 0.3 is 5.97 Å². The summed E-state index contributed by atoms with van der Waals surface area (Å²) < 4.78 is 7.43. The number of aliphatic hydroxyl groups excluding tert-OH is 1. The SMILES string of the molecule is C=C[C@]1(C)C[C@@H](OC(=O)CSC(C)(C)CNC(=O)Cn2cc(Cc3cccc(N)c3)nn2)[C@]2(C)[C@H](C)CC[C@]3(CCC(=O)[C@H]32)[C@@H](C)[C@@H]1O. The van der Waals surface area contributed by atoms with Crippen molar-refractivity contribution in [3.05, 3.63) is 54.4 Å². The number of hydrogen-bond donors (Lipinski definition) is 3. The van der Waals surface area contributed by atoms with E-state index in [1.54, 1.807) is 6.20 Å². The molecule has 2 aromatic rings. The Morgan fingerprint density at radius 2 is 2.02 bits per heavy atom. The summed E-state index contributed by atoms with van der Waals surface area (Å²) in [5, 5.41) is 23.0. The van der Waals surface area contributed by atoms with E-state index in [2.05, 4.69) is 43.0 Å². The summed E-state index contributed by atoms with van der Waals surface area (Å²) >= 11 is 1.42. The van der Waals surface area contributed by atoms with E-state index in [0.717, 1.165) is 30.5 Å². The van der Waals surface area contributed by atoms with Gasteiger partial charge in [0.25, 0.3) is 0 Å². The van der Waals surface area contributed by atoms with Crippen molar-refractivity contribution in [2.45, 2.75) is 104 Å². The molecule has 5 rings (SSSR count). The van der Waals surface area contributed by atoms with Gasteiger partial charge in [-0.15, -0.1) is 23.4 Å². The van der Waals surface area contributed by atoms with Crippen LogP contribution in [0.1, 0.15) is 84.9 Å². The van der Waals surface area contributed by atoms with E-state index in [4.69, 9.17) is 10.5 Å². The highest BCUT2D eigenvalue weighted by Crippen LogP contribution is 2.68. The number of amides is 1. The molecule has 0 spiro atoms. The number of ketones is 1. The van der Waals surface area contributed by atoms with Crippen LogP contribution in [0.15, 0.2) is 43.1 Å². The number of carbonyl (C=O) groups is 3. The number of nitrogen functional groups attached to an aromatic ring is 1. The van der Waals surface area contributed by atoms with Gasteiger partial charge in [-0.3, -0.25) is 14.4 Å². The minimum atomic E-state index is -0.702. The Morgan fingerprint density at radius 1 is 1.27 bits per heavy atom. The number of aromatic nitrogens is 3. The molecule has 262 valence electrons. The fraction of sp³-hybridized carbons (Fsp3) is 0.649. The lowest BCUT2D eigenvalue weighted by Crippen LogP contribution is -2.63. The van der Waals surface area contributed by atoms with E-state index in [9.17, 15) is 19.5 Å². The van der Waals surface area contributed by atoms with E-state index >= 15 is 0 Å². The third kappa shape index (κ3) is 6.95. The second-order valence-corrected chi connectivity index (χ2v) is 17.4. The van der Waals surface area contributed by atoms with Crippen LogP contribution >= 0.6 is 11.8 Å². The van der Waals surface area contributed by atoms with Gasteiger partial charge in [0, 0.05) is 52.8 Å². The van der Waals surface area contributed by atoms with Crippen LogP contribution in [0.25, 0.3) is 0 Å². The third-order valence-corrected chi connectivity index (χ3v) is 13.4. The van der Waals surface area contributed by atoms with Crippen molar-refractivity contribution >= 4 is 35.1 Å². The van der Waals surface area contributed by atoms with Crippen LogP contribution in [0.3, 0.4) is 0 Å². The Kier molecular flexibility index (Phi) is 10.2. The summed E-state index contributed by atoms with van der Waals surface area (Å²) in [6, 6.07) is 7.58. The molecule has 2 bridgehead atoms. The molecule has 0 aliphatic heterocycles. The largest absolute Gasteiger partial charge is 0.461 e. The molecular weight excluding hydrogens is 627 g/mol. The molecule has 0 unspecified atom stereocenters. The zero-order valence-electron chi connectivity index (χ0n) is 29.3. The summed E-state index contributed by atoms with van der Waals surface area (Å²) in [7, 11) is 0. The number of nitrogens with zero attached hydrogens (tertiary/aromatic N) is 3. The van der Waals surface area contributed by atoms with Crippen molar-refractivity contribution in [2.24, 2.45) is 34.0 Å². The lowest BCUT2D eigenvalue weighted by Gasteiger charge is -2.61. The predicted octanol–water partition coefficient (Wildman–Crippen LogP) is 4.99. The van der Waals surface area contributed by atoms with E-state index in [1.807, 2.05) is 51.1 Å². The van der Waals surface area contributed by atoms with Crippen LogP contribution in [0.5, 0.6) is 0 Å². The predicted molar refractivity (Wildman–Crippen MR) is 188 cm³/mol. The van der Waals surface area contributed by atoms with Crippen LogP contribution in [0, 0.1) is 34.0 Å². The summed E-state index contributed by atoms with van der Waals surface area (Å²) in [5.74, 6) is -0.402. The highest BCUT2D eigenvalue weighted by molar-refractivity contribution is 8.01. The van der Waals surface area contributed by atoms with Crippen molar-refractivity contribution in [3.63, 3.8) is 0 Å². The van der Waals surface area contributed by atoms with Gasteiger partial charge in [0.1, 0.15) is 18.4 Å². The number of esters is 1. The number of aliphatic hydroxyl groups is 1. The maximum atomic E-state index is 13.6. The lowest BCUT2D eigenvalue weighted by molar-refractivity contribution is -0.205. The first-order valence-electron chi connectivity index (χ1n) is 17.2. The van der Waals surface area contributed by atoms with Crippen molar-refractivity contribution in [1.29, 1.82) is 0 Å². The van der Waals surface area contributed by atoms with Gasteiger partial charge in [-0.2, -0.15) is 0 Å². The number of nitrogens with one attached hydrogen (secondary N) is 1. The molecule has 1 heterocycles. The van der Waals surface area contributed by atoms with Gasteiger partial charge in [0.15, 0.2) is 0 Å². The Hall–Kier alpha value is -3.18. The molecule has 4 N–H and O–H groups in total. The monoisotopic (exact) mass is 679 g/mol. The van der Waals surface area contributed by atoms with Crippen molar-refractivity contribution < 1.29 is 24.2 Å². The van der Waals surface area contributed by atoms with Gasteiger partial charge in [0.2, 0.25) is 5.91 Å². The lowest BCUT2D eigenvalue weighted by atomic mass is 9.44. The molecule has 1 aromatic carbocycles. The Bertz CT molecular complexity index is 1540. The van der Waals surface area contributed by atoms with Gasteiger partial charge in [-0.1, -0.05) is 51.1 Å². The van der Waals surface area contributed by atoms with Crippen LogP contribution < -0.4 is 11.1 Å². The number of thioether (sulfide) groups is 1. The van der Waals surface area contributed by atoms with Gasteiger partial charge in [-0.25, -0.2) is 4.68 Å². The Balaban J connectivity index is 1.20. The fourth-order valence-corrected chi connectivity index (χ4v) is 9.67. The molecule has 1 aromatic heterocycles. The maximum Gasteiger partial charge on any atom is 0.316 e. The van der Waals surface area contributed by atoms with E-state index in [1.165, 1.54) is 16.4 Å². The minimum Gasteiger partial charge on any atom is -0.461 e. The van der Waals surface area contributed by atoms with Crippen molar-refractivity contribution in [1.82, 2.24) is 20.3 Å². The smallest absolute Gasteiger partial charge is 0.316 e. The third-order valence-electron chi connectivity index (χ3n) is 12.1. The second kappa shape index (κ2) is 13.6. The Morgan fingerprint density at radius 3 is 2.73 bits per heavy atom. The summed E-state index contributed by atoms with van der Waals surface area (Å²) in [6.07, 6.45) is 6.37.